The molecule has 0 aromatic heterocycles. The molecule has 0 aliphatic heterocycles. The molecule has 0 saturated carbocycles. The molecule has 4 nitrogen and oxygen atoms in total. The zero-order chi connectivity index (χ0) is 15.4. The van der Waals surface area contributed by atoms with Crippen molar-refractivity contribution in [3.8, 4) is 0 Å². The smallest absolute Gasteiger partial charge is 0.336 e. The summed E-state index contributed by atoms with van der Waals surface area (Å²) in [5.74, 6) is -0.983. The number of carbonyl (C=O) groups is 1. The molecule has 0 radical (unpaired) electrons. The number of hydrazone groups is 1. The molecule has 2 aromatic carbocycles. The SMILES string of the molecule is O=C(O)c1ccccc1/C=N/Nc1c(Br)cc(Br)cc1Br. The van der Waals surface area contributed by atoms with Crippen LogP contribution >= 0.6 is 47.8 Å². The van der Waals surface area contributed by atoms with E-state index in [9.17, 15) is 4.79 Å². The number of carboxylic acid groups (broad SMARTS) is 1. The minimum atomic E-state index is -0.983. The molecular weight excluding hydrogens is 468 g/mol. The van der Waals surface area contributed by atoms with Gasteiger partial charge in [0.15, 0.2) is 0 Å². The summed E-state index contributed by atoms with van der Waals surface area (Å²) in [5.41, 5.74) is 4.37. The van der Waals surface area contributed by atoms with Gasteiger partial charge in [-0.2, -0.15) is 5.10 Å². The second kappa shape index (κ2) is 7.20. The van der Waals surface area contributed by atoms with Crippen molar-refractivity contribution in [2.24, 2.45) is 5.10 Å². The van der Waals surface area contributed by atoms with Crippen LogP contribution in [-0.4, -0.2) is 17.3 Å². The Hall–Kier alpha value is -1.18. The Morgan fingerprint density at radius 3 is 2.38 bits per heavy atom. The van der Waals surface area contributed by atoms with Gasteiger partial charge < -0.3 is 5.11 Å². The molecule has 0 saturated heterocycles. The number of nitrogens with one attached hydrogen (secondary N) is 1. The largest absolute Gasteiger partial charge is 0.478 e. The first-order valence-corrected chi connectivity index (χ1v) is 8.13. The van der Waals surface area contributed by atoms with Gasteiger partial charge in [0.05, 0.1) is 17.5 Å². The van der Waals surface area contributed by atoms with Crippen molar-refractivity contribution < 1.29 is 9.90 Å². The van der Waals surface area contributed by atoms with Gasteiger partial charge in [0, 0.05) is 19.0 Å². The summed E-state index contributed by atoms with van der Waals surface area (Å²) in [6, 6.07) is 10.4. The molecule has 0 aliphatic rings. The first-order valence-electron chi connectivity index (χ1n) is 5.75. The number of rotatable bonds is 4. The number of anilines is 1. The summed E-state index contributed by atoms with van der Waals surface area (Å²) in [6.45, 7) is 0. The van der Waals surface area contributed by atoms with Crippen molar-refractivity contribution in [2.75, 3.05) is 5.43 Å². The summed E-state index contributed by atoms with van der Waals surface area (Å²) in [4.78, 5) is 11.1. The van der Waals surface area contributed by atoms with E-state index in [2.05, 4.69) is 58.3 Å². The molecular formula is C14H9Br3N2O2. The van der Waals surface area contributed by atoms with Crippen LogP contribution in [0.3, 0.4) is 0 Å². The van der Waals surface area contributed by atoms with Gasteiger partial charge in [-0.1, -0.05) is 34.1 Å². The van der Waals surface area contributed by atoms with Crippen LogP contribution in [0.5, 0.6) is 0 Å². The van der Waals surface area contributed by atoms with Gasteiger partial charge in [0.2, 0.25) is 0 Å². The Morgan fingerprint density at radius 1 is 1.14 bits per heavy atom. The Bertz CT molecular complexity index is 694. The quantitative estimate of drug-likeness (QED) is 0.475. The van der Waals surface area contributed by atoms with E-state index in [4.69, 9.17) is 5.11 Å². The van der Waals surface area contributed by atoms with Gasteiger partial charge in [0.25, 0.3) is 0 Å². The molecule has 0 amide bonds. The molecule has 0 atom stereocenters. The topological polar surface area (TPSA) is 61.7 Å². The summed E-state index contributed by atoms with van der Waals surface area (Å²) in [5, 5.41) is 13.2. The van der Waals surface area contributed by atoms with E-state index in [1.807, 2.05) is 12.1 Å². The van der Waals surface area contributed by atoms with Crippen molar-refractivity contribution in [3.05, 3.63) is 60.9 Å². The second-order valence-corrected chi connectivity index (χ2v) is 6.63. The van der Waals surface area contributed by atoms with E-state index in [-0.39, 0.29) is 5.56 Å². The molecule has 2 aromatic rings. The molecule has 0 fully saturated rings. The van der Waals surface area contributed by atoms with Crippen LogP contribution in [0.1, 0.15) is 15.9 Å². The molecule has 7 heteroatoms. The van der Waals surface area contributed by atoms with Gasteiger partial charge >= 0.3 is 5.97 Å². The van der Waals surface area contributed by atoms with Crippen LogP contribution in [-0.2, 0) is 0 Å². The molecule has 0 bridgehead atoms. The van der Waals surface area contributed by atoms with E-state index in [0.717, 1.165) is 19.1 Å². The van der Waals surface area contributed by atoms with Crippen molar-refractivity contribution in [1.82, 2.24) is 0 Å². The van der Waals surface area contributed by atoms with Crippen LogP contribution < -0.4 is 5.43 Å². The first-order chi connectivity index (χ1) is 9.99. The van der Waals surface area contributed by atoms with Crippen molar-refractivity contribution in [3.63, 3.8) is 0 Å². The van der Waals surface area contributed by atoms with E-state index >= 15 is 0 Å². The maximum Gasteiger partial charge on any atom is 0.336 e. The highest BCUT2D eigenvalue weighted by molar-refractivity contribution is 9.11. The number of hydrogen-bond acceptors (Lipinski definition) is 3. The molecule has 0 aliphatic carbocycles. The third kappa shape index (κ3) is 4.15. The number of hydrogen-bond donors (Lipinski definition) is 2. The van der Waals surface area contributed by atoms with Gasteiger partial charge in [-0.15, -0.1) is 0 Å². The highest BCUT2D eigenvalue weighted by atomic mass is 79.9. The monoisotopic (exact) mass is 474 g/mol. The minimum Gasteiger partial charge on any atom is -0.478 e. The predicted octanol–water partition coefficient (Wildman–Crippen LogP) is 5.12. The van der Waals surface area contributed by atoms with E-state index < -0.39 is 5.97 Å². The van der Waals surface area contributed by atoms with Gasteiger partial charge in [-0.05, 0) is 50.1 Å². The van der Waals surface area contributed by atoms with E-state index in [1.54, 1.807) is 18.2 Å². The fraction of sp³-hybridized carbons (Fsp3) is 0. The molecule has 21 heavy (non-hydrogen) atoms. The van der Waals surface area contributed by atoms with Crippen molar-refractivity contribution in [1.29, 1.82) is 0 Å². The lowest BCUT2D eigenvalue weighted by molar-refractivity contribution is 0.0697. The molecule has 0 unspecified atom stereocenters. The van der Waals surface area contributed by atoms with Crippen molar-refractivity contribution in [2.45, 2.75) is 0 Å². The fourth-order valence-corrected chi connectivity index (χ4v) is 4.06. The normalized spacial score (nSPS) is 10.8. The molecule has 2 rings (SSSR count). The third-order valence-electron chi connectivity index (χ3n) is 2.58. The Labute approximate surface area is 146 Å². The Kier molecular flexibility index (Phi) is 5.55. The highest BCUT2D eigenvalue weighted by Crippen LogP contribution is 2.34. The third-order valence-corrected chi connectivity index (χ3v) is 4.29. The maximum atomic E-state index is 11.1. The number of halogens is 3. The minimum absolute atomic E-state index is 0.206. The fourth-order valence-electron chi connectivity index (χ4n) is 1.62. The molecule has 108 valence electrons. The van der Waals surface area contributed by atoms with Crippen LogP contribution in [0, 0.1) is 0 Å². The number of benzene rings is 2. The maximum absolute atomic E-state index is 11.1. The Morgan fingerprint density at radius 2 is 1.76 bits per heavy atom. The second-order valence-electron chi connectivity index (χ2n) is 4.01. The summed E-state index contributed by atoms with van der Waals surface area (Å²) in [7, 11) is 0. The summed E-state index contributed by atoms with van der Waals surface area (Å²) in [6.07, 6.45) is 1.48. The van der Waals surface area contributed by atoms with Crippen LogP contribution in [0.15, 0.2) is 54.9 Å². The van der Waals surface area contributed by atoms with Crippen LogP contribution in [0.4, 0.5) is 5.69 Å². The lowest BCUT2D eigenvalue weighted by Gasteiger charge is -2.07. The van der Waals surface area contributed by atoms with Gasteiger partial charge in [-0.25, -0.2) is 4.79 Å². The summed E-state index contributed by atoms with van der Waals surface area (Å²) >= 11 is 10.2. The van der Waals surface area contributed by atoms with Crippen molar-refractivity contribution >= 4 is 65.7 Å². The molecule has 0 heterocycles. The molecule has 0 spiro atoms. The zero-order valence-electron chi connectivity index (χ0n) is 10.5. The van der Waals surface area contributed by atoms with E-state index in [1.165, 1.54) is 12.3 Å². The number of nitrogens with zero attached hydrogens (tertiary/aromatic N) is 1. The van der Waals surface area contributed by atoms with Crippen LogP contribution in [0.2, 0.25) is 0 Å². The van der Waals surface area contributed by atoms with Crippen LogP contribution in [0.25, 0.3) is 0 Å². The standard InChI is InChI=1S/C14H9Br3N2O2/c15-9-5-11(16)13(12(17)6-9)19-18-7-8-3-1-2-4-10(8)14(20)21/h1-7,19H,(H,20,21)/b18-7+. The molecule has 2 N–H and O–H groups in total. The predicted molar refractivity (Wildman–Crippen MR) is 94.2 cm³/mol. The number of carboxylic acids is 1. The highest BCUT2D eigenvalue weighted by Gasteiger charge is 2.08. The van der Waals surface area contributed by atoms with Gasteiger partial charge in [-0.3, -0.25) is 5.43 Å². The summed E-state index contributed by atoms with van der Waals surface area (Å²) < 4.78 is 2.58. The lowest BCUT2D eigenvalue weighted by atomic mass is 10.1. The van der Waals surface area contributed by atoms with E-state index in [0.29, 0.717) is 5.56 Å². The first kappa shape index (κ1) is 16.2. The Balaban J connectivity index is 2.23. The van der Waals surface area contributed by atoms with Gasteiger partial charge in [0.1, 0.15) is 0 Å². The number of aromatic carboxylic acids is 1. The average Bonchev–Trinajstić information content (AvgIpc) is 2.42. The lowest BCUT2D eigenvalue weighted by Crippen LogP contribution is -2.02. The zero-order valence-corrected chi connectivity index (χ0v) is 15.2. The average molecular weight is 477 g/mol.